The van der Waals surface area contributed by atoms with Crippen molar-refractivity contribution in [1.29, 1.82) is 0 Å². The number of nitrogens with zero attached hydrogens (tertiary/aromatic N) is 1. The predicted octanol–water partition coefficient (Wildman–Crippen LogP) is -1.92. The quantitative estimate of drug-likeness (QED) is 0.241. The SMILES string of the molecule is CC[N+]1(CCCl)CC1.[I-]. The van der Waals surface area contributed by atoms with Crippen molar-refractivity contribution in [1.82, 2.24) is 0 Å². The fourth-order valence-corrected chi connectivity index (χ4v) is 1.38. The first-order valence-electron chi connectivity index (χ1n) is 3.24. The summed E-state index contributed by atoms with van der Waals surface area (Å²) in [6, 6.07) is 0. The maximum Gasteiger partial charge on any atom is 0.129 e. The van der Waals surface area contributed by atoms with Crippen LogP contribution in [0.15, 0.2) is 0 Å². The van der Waals surface area contributed by atoms with E-state index in [0.717, 1.165) is 5.88 Å². The molecule has 0 aromatic heterocycles. The molecule has 0 bridgehead atoms. The van der Waals surface area contributed by atoms with Crippen molar-refractivity contribution >= 4 is 11.6 Å². The monoisotopic (exact) mass is 261 g/mol. The summed E-state index contributed by atoms with van der Waals surface area (Å²) in [7, 11) is 0. The zero-order valence-electron chi connectivity index (χ0n) is 5.74. The van der Waals surface area contributed by atoms with Gasteiger partial charge in [0.05, 0.1) is 19.0 Å². The first-order valence-corrected chi connectivity index (χ1v) is 3.77. The number of hydrogen-bond donors (Lipinski definition) is 0. The minimum Gasteiger partial charge on any atom is -1.00 e. The van der Waals surface area contributed by atoms with Crippen LogP contribution in [0, 0.1) is 0 Å². The van der Waals surface area contributed by atoms with Crippen LogP contribution in [0.1, 0.15) is 6.92 Å². The van der Waals surface area contributed by atoms with E-state index in [1.165, 1.54) is 30.7 Å². The van der Waals surface area contributed by atoms with Crippen LogP contribution in [-0.2, 0) is 0 Å². The van der Waals surface area contributed by atoms with Crippen LogP contribution in [-0.4, -0.2) is 36.5 Å². The molecule has 0 amide bonds. The third-order valence-corrected chi connectivity index (χ3v) is 2.25. The van der Waals surface area contributed by atoms with E-state index >= 15 is 0 Å². The van der Waals surface area contributed by atoms with E-state index in [9.17, 15) is 0 Å². The molecule has 0 aromatic carbocycles. The Labute approximate surface area is 79.0 Å². The molecule has 1 saturated heterocycles. The zero-order chi connectivity index (χ0) is 6.04. The second kappa shape index (κ2) is 3.98. The van der Waals surface area contributed by atoms with Gasteiger partial charge < -0.3 is 28.5 Å². The molecular weight excluding hydrogens is 248 g/mol. The number of alkyl halides is 1. The smallest absolute Gasteiger partial charge is 0.129 e. The molecule has 0 spiro atoms. The fraction of sp³-hybridized carbons (Fsp3) is 1.00. The molecule has 9 heavy (non-hydrogen) atoms. The molecule has 1 nitrogen and oxygen atoms in total. The van der Waals surface area contributed by atoms with E-state index < -0.39 is 0 Å². The number of hydrogen-bond acceptors (Lipinski definition) is 0. The summed E-state index contributed by atoms with van der Waals surface area (Å²) in [6.45, 7) is 7.41. The molecule has 0 radical (unpaired) electrons. The van der Waals surface area contributed by atoms with Gasteiger partial charge in [0.2, 0.25) is 0 Å². The number of likely N-dealkylation sites (N-methyl/N-ethyl adjacent to an activating group) is 1. The van der Waals surface area contributed by atoms with Crippen molar-refractivity contribution in [3.8, 4) is 0 Å². The average Bonchev–Trinajstić information content (AvgIpc) is 2.50. The van der Waals surface area contributed by atoms with Crippen molar-refractivity contribution in [2.45, 2.75) is 6.92 Å². The Morgan fingerprint density at radius 3 is 2.11 bits per heavy atom. The highest BCUT2D eigenvalue weighted by atomic mass is 127. The van der Waals surface area contributed by atoms with Crippen LogP contribution >= 0.6 is 11.6 Å². The number of quaternary nitrogens is 1. The molecule has 1 fully saturated rings. The van der Waals surface area contributed by atoms with Gasteiger partial charge in [0.25, 0.3) is 0 Å². The van der Waals surface area contributed by atoms with Gasteiger partial charge in [-0.1, -0.05) is 0 Å². The van der Waals surface area contributed by atoms with E-state index in [1.807, 2.05) is 0 Å². The minimum atomic E-state index is 0. The Bertz CT molecular complexity index is 83.1. The first kappa shape index (κ1) is 9.98. The van der Waals surface area contributed by atoms with Gasteiger partial charge in [-0.15, -0.1) is 11.6 Å². The molecule has 0 atom stereocenters. The topological polar surface area (TPSA) is 0 Å². The highest BCUT2D eigenvalue weighted by Gasteiger charge is 2.38. The molecule has 0 aromatic rings. The summed E-state index contributed by atoms with van der Waals surface area (Å²) in [5, 5.41) is 0. The van der Waals surface area contributed by atoms with E-state index in [2.05, 4.69) is 6.92 Å². The standard InChI is InChI=1S/C6H13ClN.HI/c1-2-8(4-3-7)5-6-8;/h2-6H2,1H3;1H/q+1;/p-1. The summed E-state index contributed by atoms with van der Waals surface area (Å²) in [4.78, 5) is 0. The van der Waals surface area contributed by atoms with Crippen molar-refractivity contribution in [3.63, 3.8) is 0 Å². The van der Waals surface area contributed by atoms with Gasteiger partial charge in [0.1, 0.15) is 13.1 Å². The molecule has 1 rings (SSSR count). The largest absolute Gasteiger partial charge is 1.00 e. The normalized spacial score (nSPS) is 20.7. The molecule has 1 aliphatic rings. The minimum absolute atomic E-state index is 0. The van der Waals surface area contributed by atoms with Gasteiger partial charge in [0, 0.05) is 0 Å². The molecule has 56 valence electrons. The lowest BCUT2D eigenvalue weighted by Crippen LogP contribution is -3.00. The van der Waals surface area contributed by atoms with Crippen LogP contribution in [0.2, 0.25) is 0 Å². The summed E-state index contributed by atoms with van der Waals surface area (Å²) in [5.41, 5.74) is 0. The lowest BCUT2D eigenvalue weighted by molar-refractivity contribution is -0.794. The van der Waals surface area contributed by atoms with Gasteiger partial charge >= 0.3 is 0 Å². The average molecular weight is 262 g/mol. The maximum atomic E-state index is 5.59. The molecule has 0 saturated carbocycles. The van der Waals surface area contributed by atoms with E-state index in [0.29, 0.717) is 0 Å². The molecule has 0 aliphatic carbocycles. The Balaban J connectivity index is 0.000000640. The Morgan fingerprint density at radius 1 is 1.44 bits per heavy atom. The summed E-state index contributed by atoms with van der Waals surface area (Å²) < 4.78 is 1.28. The van der Waals surface area contributed by atoms with E-state index in [4.69, 9.17) is 11.6 Å². The molecule has 0 N–H and O–H groups in total. The molecule has 1 heterocycles. The maximum absolute atomic E-state index is 5.59. The van der Waals surface area contributed by atoms with Crippen molar-refractivity contribution in [2.24, 2.45) is 0 Å². The number of halogens is 2. The lowest BCUT2D eigenvalue weighted by Gasteiger charge is -2.12. The first-order chi connectivity index (χ1) is 3.83. The van der Waals surface area contributed by atoms with Gasteiger partial charge in [-0.3, -0.25) is 0 Å². The molecular formula is C6H13ClIN. The Hall–Kier alpha value is 0.980. The predicted molar refractivity (Wildman–Crippen MR) is 36.1 cm³/mol. The van der Waals surface area contributed by atoms with E-state index in [1.54, 1.807) is 0 Å². The van der Waals surface area contributed by atoms with Crippen molar-refractivity contribution in [3.05, 3.63) is 0 Å². The van der Waals surface area contributed by atoms with Crippen molar-refractivity contribution < 1.29 is 28.5 Å². The molecule has 1 aliphatic heterocycles. The Morgan fingerprint density at radius 2 is 2.00 bits per heavy atom. The molecule has 0 unspecified atom stereocenters. The third kappa shape index (κ3) is 2.60. The van der Waals surface area contributed by atoms with Crippen molar-refractivity contribution in [2.75, 3.05) is 32.1 Å². The second-order valence-corrected chi connectivity index (χ2v) is 2.90. The molecule has 3 heteroatoms. The summed E-state index contributed by atoms with van der Waals surface area (Å²) in [6.07, 6.45) is 0. The second-order valence-electron chi connectivity index (χ2n) is 2.52. The van der Waals surface area contributed by atoms with Gasteiger partial charge in [-0.05, 0) is 6.92 Å². The zero-order valence-corrected chi connectivity index (χ0v) is 8.65. The van der Waals surface area contributed by atoms with Crippen LogP contribution in [0.5, 0.6) is 0 Å². The van der Waals surface area contributed by atoms with Crippen LogP contribution in [0.4, 0.5) is 0 Å². The van der Waals surface area contributed by atoms with Gasteiger partial charge in [-0.2, -0.15) is 0 Å². The Kier molecular flexibility index (Phi) is 4.42. The van der Waals surface area contributed by atoms with Crippen LogP contribution in [0.25, 0.3) is 0 Å². The lowest BCUT2D eigenvalue weighted by atomic mass is 10.6. The highest BCUT2D eigenvalue weighted by molar-refractivity contribution is 6.17. The number of rotatable bonds is 3. The van der Waals surface area contributed by atoms with Crippen LogP contribution in [0.3, 0.4) is 0 Å². The summed E-state index contributed by atoms with van der Waals surface area (Å²) in [5.74, 6) is 0.827. The van der Waals surface area contributed by atoms with Crippen LogP contribution < -0.4 is 24.0 Å². The van der Waals surface area contributed by atoms with Gasteiger partial charge in [0.15, 0.2) is 0 Å². The summed E-state index contributed by atoms with van der Waals surface area (Å²) >= 11 is 5.59. The highest BCUT2D eigenvalue weighted by Crippen LogP contribution is 2.19. The third-order valence-electron chi connectivity index (χ3n) is 2.09. The van der Waals surface area contributed by atoms with E-state index in [-0.39, 0.29) is 24.0 Å². The van der Waals surface area contributed by atoms with Gasteiger partial charge in [-0.25, -0.2) is 0 Å². The fourth-order valence-electron chi connectivity index (χ4n) is 1.02.